The van der Waals surface area contributed by atoms with Crippen molar-refractivity contribution >= 4 is 17.1 Å². The van der Waals surface area contributed by atoms with Gasteiger partial charge < -0.3 is 5.11 Å². The first-order valence-electron chi connectivity index (χ1n) is 7.45. The van der Waals surface area contributed by atoms with Crippen LogP contribution in [0.2, 0.25) is 0 Å². The van der Waals surface area contributed by atoms with Gasteiger partial charge in [0.25, 0.3) is 5.56 Å². The Morgan fingerprint density at radius 1 is 1.22 bits per heavy atom. The van der Waals surface area contributed by atoms with Crippen LogP contribution < -0.4 is 5.56 Å². The molecule has 0 atom stereocenters. The monoisotopic (exact) mass is 307 g/mol. The molecule has 0 fully saturated rings. The summed E-state index contributed by atoms with van der Waals surface area (Å²) in [4.78, 5) is 17.1. The fraction of sp³-hybridized carbons (Fsp3) is 0.167. The van der Waals surface area contributed by atoms with Gasteiger partial charge in [0.2, 0.25) is 0 Å². The minimum Gasteiger partial charge on any atom is -0.507 e. The first-order valence-corrected chi connectivity index (χ1v) is 7.45. The first kappa shape index (κ1) is 15.0. The summed E-state index contributed by atoms with van der Waals surface area (Å²) in [5, 5.41) is 14.8. The molecule has 0 spiro atoms. The van der Waals surface area contributed by atoms with Crippen LogP contribution in [0.25, 0.3) is 10.9 Å². The smallest absolute Gasteiger partial charge is 0.282 e. The van der Waals surface area contributed by atoms with E-state index in [1.807, 2.05) is 38.1 Å². The molecule has 1 heterocycles. The molecule has 0 saturated heterocycles. The second-order valence-electron chi connectivity index (χ2n) is 5.27. The summed E-state index contributed by atoms with van der Waals surface area (Å²) in [5.74, 6) is 0.744. The summed E-state index contributed by atoms with van der Waals surface area (Å²) in [6.07, 6.45) is 2.07. The maximum Gasteiger partial charge on any atom is 0.282 e. The van der Waals surface area contributed by atoms with Gasteiger partial charge in [-0.3, -0.25) is 4.79 Å². The minimum atomic E-state index is -0.212. The number of para-hydroxylation sites is 2. The van der Waals surface area contributed by atoms with E-state index in [2.05, 4.69) is 10.1 Å². The third-order valence-corrected chi connectivity index (χ3v) is 3.72. The largest absolute Gasteiger partial charge is 0.507 e. The van der Waals surface area contributed by atoms with E-state index >= 15 is 0 Å². The van der Waals surface area contributed by atoms with Crippen LogP contribution >= 0.6 is 0 Å². The maximum atomic E-state index is 12.6. The summed E-state index contributed by atoms with van der Waals surface area (Å²) >= 11 is 0. The number of rotatable bonds is 3. The molecule has 0 aliphatic heterocycles. The van der Waals surface area contributed by atoms with Crippen molar-refractivity contribution in [2.24, 2.45) is 5.10 Å². The summed E-state index contributed by atoms with van der Waals surface area (Å²) in [5.41, 5.74) is 1.77. The van der Waals surface area contributed by atoms with Crippen LogP contribution in [0, 0.1) is 6.92 Å². The van der Waals surface area contributed by atoms with E-state index in [0.29, 0.717) is 28.7 Å². The highest BCUT2D eigenvalue weighted by molar-refractivity contribution is 5.84. The Kier molecular flexibility index (Phi) is 3.93. The van der Waals surface area contributed by atoms with Crippen molar-refractivity contribution in [3.05, 3.63) is 69.8 Å². The third kappa shape index (κ3) is 2.73. The fourth-order valence-electron chi connectivity index (χ4n) is 2.42. The zero-order valence-electron chi connectivity index (χ0n) is 13.0. The van der Waals surface area contributed by atoms with Crippen LogP contribution in [0.1, 0.15) is 23.9 Å². The van der Waals surface area contributed by atoms with E-state index in [4.69, 9.17) is 0 Å². The number of nitrogens with zero attached hydrogens (tertiary/aromatic N) is 3. The summed E-state index contributed by atoms with van der Waals surface area (Å²) < 4.78 is 1.30. The molecule has 3 aromatic rings. The zero-order valence-corrected chi connectivity index (χ0v) is 13.0. The van der Waals surface area contributed by atoms with E-state index in [-0.39, 0.29) is 11.3 Å². The van der Waals surface area contributed by atoms with Crippen molar-refractivity contribution in [2.75, 3.05) is 0 Å². The highest BCUT2D eigenvalue weighted by atomic mass is 16.3. The van der Waals surface area contributed by atoms with Crippen LogP contribution in [-0.2, 0) is 6.42 Å². The maximum absolute atomic E-state index is 12.6. The number of phenolic OH excluding ortho intramolecular Hbond substituents is 1. The third-order valence-electron chi connectivity index (χ3n) is 3.72. The van der Waals surface area contributed by atoms with Crippen molar-refractivity contribution in [3.8, 4) is 5.75 Å². The molecule has 1 N–H and O–H groups in total. The summed E-state index contributed by atoms with van der Waals surface area (Å²) in [7, 11) is 0. The molecule has 23 heavy (non-hydrogen) atoms. The molecule has 2 aromatic carbocycles. The van der Waals surface area contributed by atoms with Gasteiger partial charge in [-0.15, -0.1) is 0 Å². The molecule has 0 saturated carbocycles. The van der Waals surface area contributed by atoms with Crippen molar-refractivity contribution in [2.45, 2.75) is 20.3 Å². The predicted molar refractivity (Wildman–Crippen MR) is 91.2 cm³/mol. The van der Waals surface area contributed by atoms with Gasteiger partial charge in [-0.05, 0) is 30.7 Å². The van der Waals surface area contributed by atoms with Gasteiger partial charge in [0, 0.05) is 12.0 Å². The van der Waals surface area contributed by atoms with E-state index < -0.39 is 0 Å². The topological polar surface area (TPSA) is 67.5 Å². The number of aromatic nitrogens is 2. The average Bonchev–Trinajstić information content (AvgIpc) is 2.57. The molecule has 3 rings (SSSR count). The molecule has 0 radical (unpaired) electrons. The number of aryl methyl sites for hydroxylation is 2. The SMILES string of the molecule is CCc1nc2ccccc2c(=O)n1N=Cc1cccc(C)c1O. The molecule has 0 unspecified atom stereocenters. The summed E-state index contributed by atoms with van der Waals surface area (Å²) in [6.45, 7) is 3.74. The molecule has 0 bridgehead atoms. The standard InChI is InChI=1S/C18H17N3O2/c1-3-16-20-15-10-5-4-9-14(15)18(23)21(16)19-11-13-8-6-7-12(2)17(13)22/h4-11,22H,3H2,1-2H3. The van der Waals surface area contributed by atoms with E-state index in [9.17, 15) is 9.90 Å². The molecule has 5 heteroatoms. The average molecular weight is 307 g/mol. The highest BCUT2D eigenvalue weighted by Crippen LogP contribution is 2.19. The molecule has 116 valence electrons. The second kappa shape index (κ2) is 6.04. The van der Waals surface area contributed by atoms with Crippen LogP contribution in [0.4, 0.5) is 0 Å². The zero-order chi connectivity index (χ0) is 16.4. The van der Waals surface area contributed by atoms with Crippen molar-refractivity contribution in [1.82, 2.24) is 9.66 Å². The Morgan fingerprint density at radius 2 is 2.00 bits per heavy atom. The van der Waals surface area contributed by atoms with Gasteiger partial charge in [-0.1, -0.05) is 31.2 Å². The van der Waals surface area contributed by atoms with Crippen LogP contribution in [-0.4, -0.2) is 21.0 Å². The van der Waals surface area contributed by atoms with Crippen LogP contribution in [0.3, 0.4) is 0 Å². The number of hydrogen-bond acceptors (Lipinski definition) is 4. The van der Waals surface area contributed by atoms with E-state index in [1.165, 1.54) is 10.9 Å². The van der Waals surface area contributed by atoms with Gasteiger partial charge in [0.15, 0.2) is 0 Å². The van der Waals surface area contributed by atoms with E-state index in [1.54, 1.807) is 18.2 Å². The number of hydrogen-bond donors (Lipinski definition) is 1. The molecular weight excluding hydrogens is 290 g/mol. The number of phenols is 1. The lowest BCUT2D eigenvalue weighted by Crippen LogP contribution is -2.22. The van der Waals surface area contributed by atoms with Gasteiger partial charge in [0.1, 0.15) is 11.6 Å². The van der Waals surface area contributed by atoms with E-state index in [0.717, 1.165) is 5.56 Å². The van der Waals surface area contributed by atoms with Gasteiger partial charge in [-0.25, -0.2) is 4.98 Å². The molecule has 1 aromatic heterocycles. The Bertz CT molecular complexity index is 958. The Balaban J connectivity index is 2.16. The van der Waals surface area contributed by atoms with Crippen LogP contribution in [0.5, 0.6) is 5.75 Å². The van der Waals surface area contributed by atoms with Gasteiger partial charge >= 0.3 is 0 Å². The minimum absolute atomic E-state index is 0.163. The van der Waals surface area contributed by atoms with Crippen molar-refractivity contribution < 1.29 is 5.11 Å². The highest BCUT2D eigenvalue weighted by Gasteiger charge is 2.09. The summed E-state index contributed by atoms with van der Waals surface area (Å²) in [6, 6.07) is 12.6. The molecule has 5 nitrogen and oxygen atoms in total. The normalized spacial score (nSPS) is 11.4. The second-order valence-corrected chi connectivity index (χ2v) is 5.27. The Labute approximate surface area is 133 Å². The Hall–Kier alpha value is -2.95. The fourth-order valence-corrected chi connectivity index (χ4v) is 2.42. The quantitative estimate of drug-likeness (QED) is 0.757. The van der Waals surface area contributed by atoms with Crippen molar-refractivity contribution in [1.29, 1.82) is 0 Å². The van der Waals surface area contributed by atoms with Gasteiger partial charge in [0.05, 0.1) is 17.1 Å². The number of aromatic hydroxyl groups is 1. The van der Waals surface area contributed by atoms with Crippen molar-refractivity contribution in [3.63, 3.8) is 0 Å². The van der Waals surface area contributed by atoms with Crippen LogP contribution in [0.15, 0.2) is 52.4 Å². The first-order chi connectivity index (χ1) is 11.1. The lowest BCUT2D eigenvalue weighted by atomic mass is 10.1. The lowest BCUT2D eigenvalue weighted by Gasteiger charge is -2.07. The molecule has 0 amide bonds. The van der Waals surface area contributed by atoms with Gasteiger partial charge in [-0.2, -0.15) is 9.78 Å². The lowest BCUT2D eigenvalue weighted by molar-refractivity contribution is 0.470. The molecule has 0 aliphatic rings. The predicted octanol–water partition coefficient (Wildman–Crippen LogP) is 2.86. The Morgan fingerprint density at radius 3 is 2.78 bits per heavy atom. The number of benzene rings is 2. The molecule has 0 aliphatic carbocycles. The molecular formula is C18H17N3O2. The number of fused-ring (bicyclic) bond motifs is 1.